The zero-order valence-corrected chi connectivity index (χ0v) is 22.7. The summed E-state index contributed by atoms with van der Waals surface area (Å²) in [6.07, 6.45) is 1.37. The molecule has 0 saturated heterocycles. The smallest absolute Gasteiger partial charge is 0.271 e. The van der Waals surface area contributed by atoms with E-state index in [1.807, 2.05) is 30.3 Å². The molecule has 0 heterocycles. The minimum Gasteiger partial charge on any atom is -0.493 e. The summed E-state index contributed by atoms with van der Waals surface area (Å²) in [6.45, 7) is -0.320. The van der Waals surface area contributed by atoms with Crippen molar-refractivity contribution in [3.63, 3.8) is 0 Å². The Bertz CT molecular complexity index is 1650. The summed E-state index contributed by atoms with van der Waals surface area (Å²) in [7, 11) is -2.74. The fourth-order valence-corrected chi connectivity index (χ4v) is 5.19. The predicted octanol–water partition coefficient (Wildman–Crippen LogP) is 4.53. The second-order valence-electron chi connectivity index (χ2n) is 8.58. The van der Waals surface area contributed by atoms with Crippen molar-refractivity contribution >= 4 is 33.5 Å². The van der Waals surface area contributed by atoms with Crippen molar-refractivity contribution in [3.8, 4) is 11.5 Å². The highest BCUT2D eigenvalue weighted by Crippen LogP contribution is 2.29. The molecule has 0 saturated carbocycles. The van der Waals surface area contributed by atoms with Gasteiger partial charge in [0.15, 0.2) is 11.5 Å². The monoisotopic (exact) mass is 574 g/mol. The first-order valence-corrected chi connectivity index (χ1v) is 13.7. The molecule has 1 N–H and O–H groups in total. The van der Waals surface area contributed by atoms with Crippen LogP contribution in [0.15, 0.2) is 113 Å². The van der Waals surface area contributed by atoms with E-state index in [1.54, 1.807) is 24.3 Å². The summed E-state index contributed by atoms with van der Waals surface area (Å²) in [5, 5.41) is 15.2. The average molecular weight is 575 g/mol. The molecule has 0 aliphatic heterocycles. The third-order valence-electron chi connectivity index (χ3n) is 5.77. The van der Waals surface area contributed by atoms with E-state index in [4.69, 9.17) is 9.47 Å². The van der Waals surface area contributed by atoms with Crippen LogP contribution < -0.4 is 19.2 Å². The summed E-state index contributed by atoms with van der Waals surface area (Å²) in [5.74, 6) is 0.223. The topological polar surface area (TPSA) is 140 Å². The maximum absolute atomic E-state index is 13.4. The molecule has 0 radical (unpaired) electrons. The minimum absolute atomic E-state index is 0.0435. The second-order valence-corrected chi connectivity index (χ2v) is 10.4. The summed E-state index contributed by atoms with van der Waals surface area (Å²) in [5.41, 5.74) is 3.53. The zero-order chi connectivity index (χ0) is 29.2. The van der Waals surface area contributed by atoms with Crippen LogP contribution >= 0.6 is 0 Å². The average Bonchev–Trinajstić information content (AvgIpc) is 3.00. The number of carbonyl (C=O) groups is 1. The quantitative estimate of drug-likeness (QED) is 0.149. The van der Waals surface area contributed by atoms with Gasteiger partial charge in [-0.15, -0.1) is 0 Å². The molecular weight excluding hydrogens is 548 g/mol. The molecule has 0 aliphatic rings. The fraction of sp³-hybridized carbons (Fsp3) is 0.103. The molecule has 0 fully saturated rings. The maximum Gasteiger partial charge on any atom is 0.271 e. The summed E-state index contributed by atoms with van der Waals surface area (Å²) in [6, 6.07) is 27.3. The Morgan fingerprint density at radius 2 is 1.66 bits per heavy atom. The van der Waals surface area contributed by atoms with Crippen LogP contribution in [0.4, 0.5) is 11.4 Å². The van der Waals surface area contributed by atoms with Crippen molar-refractivity contribution in [2.75, 3.05) is 18.0 Å². The van der Waals surface area contributed by atoms with Gasteiger partial charge in [-0.1, -0.05) is 54.6 Å². The highest BCUT2D eigenvalue weighted by Gasteiger charge is 2.28. The number of nitro groups is 1. The third kappa shape index (κ3) is 7.46. The summed E-state index contributed by atoms with van der Waals surface area (Å²) < 4.78 is 38.9. The molecule has 0 atom stereocenters. The van der Waals surface area contributed by atoms with Crippen molar-refractivity contribution < 1.29 is 27.6 Å². The number of nitrogens with one attached hydrogen (secondary N) is 1. The number of nitro benzene ring substituents is 1. The number of non-ortho nitro benzene ring substituents is 1. The number of hydrogen-bond donors (Lipinski definition) is 1. The number of hydrogen-bond acceptors (Lipinski definition) is 8. The molecule has 1 amide bonds. The van der Waals surface area contributed by atoms with E-state index in [-0.39, 0.29) is 16.3 Å². The van der Waals surface area contributed by atoms with Crippen molar-refractivity contribution in [3.05, 3.63) is 124 Å². The highest BCUT2D eigenvalue weighted by molar-refractivity contribution is 7.92. The first kappa shape index (κ1) is 28.8. The molecule has 0 aliphatic carbocycles. The second kappa shape index (κ2) is 13.2. The number of rotatable bonds is 12. The van der Waals surface area contributed by atoms with Crippen molar-refractivity contribution in [1.29, 1.82) is 0 Å². The van der Waals surface area contributed by atoms with Crippen LogP contribution in [0.25, 0.3) is 0 Å². The van der Waals surface area contributed by atoms with Gasteiger partial charge in [0.2, 0.25) is 0 Å². The summed E-state index contributed by atoms with van der Waals surface area (Å²) >= 11 is 0. The number of anilines is 1. The van der Waals surface area contributed by atoms with Crippen LogP contribution in [0.1, 0.15) is 11.1 Å². The van der Waals surface area contributed by atoms with E-state index in [9.17, 15) is 23.3 Å². The zero-order valence-electron chi connectivity index (χ0n) is 21.9. The normalized spacial score (nSPS) is 11.1. The number of ether oxygens (including phenoxy) is 2. The number of carbonyl (C=O) groups excluding carboxylic acids is 1. The molecule has 11 nitrogen and oxygen atoms in total. The molecule has 0 aromatic heterocycles. The van der Waals surface area contributed by atoms with E-state index >= 15 is 0 Å². The molecular formula is C29H26N4O7S. The number of hydrazone groups is 1. The summed E-state index contributed by atoms with van der Waals surface area (Å²) in [4.78, 5) is 23.4. The standard InChI is InChI=1S/C29H26N4O7S/c1-39-28-17-23(15-16-27(28)40-21-22-9-4-2-5-10-22)19-30-31-29(34)20-32(24-11-8-12-25(18-24)33(35)36)41(37,38)26-13-6-3-7-14-26/h2-19H,20-21H2,1H3,(H,31,34)/b30-19-. The largest absolute Gasteiger partial charge is 0.493 e. The Kier molecular flexibility index (Phi) is 9.28. The van der Waals surface area contributed by atoms with Crippen molar-refractivity contribution in [1.82, 2.24) is 5.43 Å². The van der Waals surface area contributed by atoms with Gasteiger partial charge in [0, 0.05) is 12.1 Å². The van der Waals surface area contributed by atoms with E-state index < -0.39 is 27.4 Å². The van der Waals surface area contributed by atoms with Gasteiger partial charge in [-0.05, 0) is 47.5 Å². The van der Waals surface area contributed by atoms with Crippen LogP contribution in [0, 0.1) is 10.1 Å². The van der Waals surface area contributed by atoms with Gasteiger partial charge in [-0.25, -0.2) is 13.8 Å². The molecule has 4 aromatic carbocycles. The number of benzene rings is 4. The van der Waals surface area contributed by atoms with E-state index in [0.717, 1.165) is 15.9 Å². The molecule has 41 heavy (non-hydrogen) atoms. The predicted molar refractivity (Wildman–Crippen MR) is 154 cm³/mol. The maximum atomic E-state index is 13.4. The van der Waals surface area contributed by atoms with E-state index in [1.165, 1.54) is 55.8 Å². The van der Waals surface area contributed by atoms with Crippen LogP contribution in [-0.4, -0.2) is 39.1 Å². The Morgan fingerprint density at radius 1 is 0.951 bits per heavy atom. The first-order chi connectivity index (χ1) is 19.8. The molecule has 210 valence electrons. The fourth-order valence-electron chi connectivity index (χ4n) is 3.76. The van der Waals surface area contributed by atoms with Crippen molar-refractivity contribution in [2.24, 2.45) is 5.10 Å². The van der Waals surface area contributed by atoms with Gasteiger partial charge >= 0.3 is 0 Å². The van der Waals surface area contributed by atoms with Gasteiger partial charge in [0.05, 0.1) is 28.8 Å². The minimum atomic E-state index is -4.24. The van der Waals surface area contributed by atoms with Gasteiger partial charge in [0.25, 0.3) is 21.6 Å². The van der Waals surface area contributed by atoms with Crippen LogP contribution in [-0.2, 0) is 21.4 Å². The van der Waals surface area contributed by atoms with Crippen LogP contribution in [0.2, 0.25) is 0 Å². The van der Waals surface area contributed by atoms with E-state index in [2.05, 4.69) is 10.5 Å². The Labute approximate surface area is 236 Å². The number of amides is 1. The number of methoxy groups -OCH3 is 1. The molecule has 12 heteroatoms. The van der Waals surface area contributed by atoms with Gasteiger partial charge in [-0.3, -0.25) is 19.2 Å². The third-order valence-corrected chi connectivity index (χ3v) is 7.56. The molecule has 0 spiro atoms. The molecule has 4 rings (SSSR count). The Hall–Kier alpha value is -5.23. The van der Waals surface area contributed by atoms with Crippen LogP contribution in [0.3, 0.4) is 0 Å². The highest BCUT2D eigenvalue weighted by atomic mass is 32.2. The Morgan fingerprint density at radius 3 is 2.34 bits per heavy atom. The van der Waals surface area contributed by atoms with Gasteiger partial charge in [-0.2, -0.15) is 5.10 Å². The first-order valence-electron chi connectivity index (χ1n) is 12.3. The Balaban J connectivity index is 1.48. The van der Waals surface area contributed by atoms with Gasteiger partial charge in [0.1, 0.15) is 13.2 Å². The lowest BCUT2D eigenvalue weighted by Crippen LogP contribution is -2.39. The number of sulfonamides is 1. The number of nitrogens with zero attached hydrogens (tertiary/aromatic N) is 3. The molecule has 4 aromatic rings. The van der Waals surface area contributed by atoms with Gasteiger partial charge < -0.3 is 9.47 Å². The van der Waals surface area contributed by atoms with Crippen molar-refractivity contribution in [2.45, 2.75) is 11.5 Å². The lowest BCUT2D eigenvalue weighted by atomic mass is 10.2. The molecule has 0 bridgehead atoms. The molecule has 0 unspecified atom stereocenters. The van der Waals surface area contributed by atoms with Crippen LogP contribution in [0.5, 0.6) is 11.5 Å². The SMILES string of the molecule is COc1cc(/C=N\NC(=O)CN(c2cccc([N+](=O)[O-])c2)S(=O)(=O)c2ccccc2)ccc1OCc1ccccc1. The lowest BCUT2D eigenvalue weighted by molar-refractivity contribution is -0.384. The lowest BCUT2D eigenvalue weighted by Gasteiger charge is -2.23. The van der Waals surface area contributed by atoms with E-state index in [0.29, 0.717) is 23.7 Å².